The Morgan fingerprint density at radius 1 is 0.926 bits per heavy atom. The molecule has 0 saturated heterocycles. The second kappa shape index (κ2) is 7.55. The van der Waals surface area contributed by atoms with E-state index in [1.807, 2.05) is 54.3 Å². The quantitative estimate of drug-likeness (QED) is 0.481. The summed E-state index contributed by atoms with van der Waals surface area (Å²) in [6.45, 7) is 0.724. The van der Waals surface area contributed by atoms with Gasteiger partial charge in [-0.2, -0.15) is 0 Å². The first-order valence-electron chi connectivity index (χ1n) is 8.52. The Morgan fingerprint density at radius 3 is 2.44 bits per heavy atom. The third-order valence-corrected chi connectivity index (χ3v) is 5.20. The smallest absolute Gasteiger partial charge is 0.134 e. The van der Waals surface area contributed by atoms with Crippen LogP contribution in [-0.2, 0) is 20.0 Å². The van der Waals surface area contributed by atoms with E-state index >= 15 is 0 Å². The Morgan fingerprint density at radius 2 is 1.74 bits per heavy atom. The number of aromatic nitrogens is 5. The van der Waals surface area contributed by atoms with Crippen LogP contribution < -0.4 is 0 Å². The zero-order chi connectivity index (χ0) is 18.8. The van der Waals surface area contributed by atoms with Gasteiger partial charge in [0.25, 0.3) is 0 Å². The molecule has 136 valence electrons. The van der Waals surface area contributed by atoms with Gasteiger partial charge >= 0.3 is 0 Å². The number of benzene rings is 2. The van der Waals surface area contributed by atoms with Crippen molar-refractivity contribution in [2.24, 2.45) is 7.05 Å². The third-order valence-electron chi connectivity index (χ3n) is 4.46. The lowest BCUT2D eigenvalue weighted by Gasteiger charge is -2.11. The van der Waals surface area contributed by atoms with Crippen molar-refractivity contribution < 1.29 is 0 Å². The molecule has 0 atom stereocenters. The van der Waals surface area contributed by atoms with E-state index in [9.17, 15) is 0 Å². The van der Waals surface area contributed by atoms with Gasteiger partial charge in [0.05, 0.1) is 27.8 Å². The van der Waals surface area contributed by atoms with Crippen LogP contribution in [0.5, 0.6) is 0 Å². The summed E-state index contributed by atoms with van der Waals surface area (Å²) in [5.74, 6) is 0.921. The SMILES string of the molecule is Cn1cnnc1CCn1cnc(-c2ccccc2)c1-c1ccc(Cl)c(Cl)c1. The molecule has 2 heterocycles. The van der Waals surface area contributed by atoms with Crippen LogP contribution in [0.1, 0.15) is 5.82 Å². The van der Waals surface area contributed by atoms with Gasteiger partial charge in [0.2, 0.25) is 0 Å². The van der Waals surface area contributed by atoms with Crippen molar-refractivity contribution in [3.63, 3.8) is 0 Å². The zero-order valence-corrected chi connectivity index (χ0v) is 16.2. The highest BCUT2D eigenvalue weighted by molar-refractivity contribution is 6.42. The van der Waals surface area contributed by atoms with E-state index < -0.39 is 0 Å². The standard InChI is InChI=1S/C20H17Cl2N5/c1-26-13-24-25-18(26)9-10-27-12-23-19(14-5-3-2-4-6-14)20(27)15-7-8-16(21)17(22)11-15/h2-8,11-13H,9-10H2,1H3. The largest absolute Gasteiger partial charge is 0.330 e. The summed E-state index contributed by atoms with van der Waals surface area (Å²) >= 11 is 12.4. The molecule has 0 aliphatic heterocycles. The number of hydrogen-bond acceptors (Lipinski definition) is 3. The Bertz CT molecular complexity index is 1070. The summed E-state index contributed by atoms with van der Waals surface area (Å²) in [5.41, 5.74) is 3.93. The monoisotopic (exact) mass is 397 g/mol. The molecular weight excluding hydrogens is 381 g/mol. The molecule has 2 aromatic carbocycles. The predicted molar refractivity (Wildman–Crippen MR) is 108 cm³/mol. The lowest BCUT2D eigenvalue weighted by atomic mass is 10.0. The molecule has 5 nitrogen and oxygen atoms in total. The van der Waals surface area contributed by atoms with E-state index in [0.717, 1.165) is 41.3 Å². The number of hydrogen-bond donors (Lipinski definition) is 0. The Kier molecular flexibility index (Phi) is 4.97. The summed E-state index contributed by atoms with van der Waals surface area (Å²) in [5, 5.41) is 9.17. The van der Waals surface area contributed by atoms with Gasteiger partial charge in [-0.3, -0.25) is 0 Å². The predicted octanol–water partition coefficient (Wildman–Crippen LogP) is 4.90. The minimum absolute atomic E-state index is 0.522. The third kappa shape index (κ3) is 3.61. The molecule has 0 aliphatic carbocycles. The zero-order valence-electron chi connectivity index (χ0n) is 14.7. The van der Waals surface area contributed by atoms with Crippen molar-refractivity contribution in [3.05, 3.63) is 77.1 Å². The maximum absolute atomic E-state index is 6.28. The summed E-state index contributed by atoms with van der Waals surface area (Å²) in [7, 11) is 1.94. The first kappa shape index (κ1) is 17.8. The average Bonchev–Trinajstić information content (AvgIpc) is 3.29. The second-order valence-corrected chi connectivity index (χ2v) is 7.05. The Hall–Kier alpha value is -2.63. The molecule has 2 aromatic heterocycles. The Labute approximate surface area is 167 Å². The number of halogens is 2. The highest BCUT2D eigenvalue weighted by Crippen LogP contribution is 2.34. The van der Waals surface area contributed by atoms with E-state index in [1.165, 1.54) is 0 Å². The van der Waals surface area contributed by atoms with Crippen molar-refractivity contribution in [2.45, 2.75) is 13.0 Å². The molecule has 0 saturated carbocycles. The topological polar surface area (TPSA) is 48.5 Å². The summed E-state index contributed by atoms with van der Waals surface area (Å²) in [6, 6.07) is 15.8. The molecule has 7 heteroatoms. The van der Waals surface area contributed by atoms with Gasteiger partial charge in [-0.1, -0.05) is 59.6 Å². The lowest BCUT2D eigenvalue weighted by molar-refractivity contribution is 0.653. The van der Waals surface area contributed by atoms with Crippen molar-refractivity contribution in [1.82, 2.24) is 24.3 Å². The molecule has 4 rings (SSSR count). The lowest BCUT2D eigenvalue weighted by Crippen LogP contribution is -2.06. The summed E-state index contributed by atoms with van der Waals surface area (Å²) in [4.78, 5) is 4.68. The van der Waals surface area contributed by atoms with Crippen molar-refractivity contribution in [2.75, 3.05) is 0 Å². The highest BCUT2D eigenvalue weighted by atomic mass is 35.5. The molecule has 0 fully saturated rings. The summed E-state index contributed by atoms with van der Waals surface area (Å²) < 4.78 is 4.05. The van der Waals surface area contributed by atoms with Crippen molar-refractivity contribution >= 4 is 23.2 Å². The maximum atomic E-state index is 6.28. The van der Waals surface area contributed by atoms with Gasteiger partial charge in [-0.05, 0) is 12.1 Å². The minimum atomic E-state index is 0.522. The van der Waals surface area contributed by atoms with Crippen LogP contribution in [0.15, 0.2) is 61.2 Å². The second-order valence-electron chi connectivity index (χ2n) is 6.24. The summed E-state index contributed by atoms with van der Waals surface area (Å²) in [6.07, 6.45) is 4.31. The van der Waals surface area contributed by atoms with Crippen LogP contribution in [0.3, 0.4) is 0 Å². The maximum Gasteiger partial charge on any atom is 0.134 e. The highest BCUT2D eigenvalue weighted by Gasteiger charge is 2.16. The fraction of sp³-hybridized carbons (Fsp3) is 0.150. The average molecular weight is 398 g/mol. The normalized spacial score (nSPS) is 11.1. The molecule has 0 radical (unpaired) electrons. The number of imidazole rings is 1. The van der Waals surface area contributed by atoms with Crippen LogP contribution in [0.2, 0.25) is 10.0 Å². The minimum Gasteiger partial charge on any atom is -0.330 e. The molecule has 0 amide bonds. The van der Waals surface area contributed by atoms with Gasteiger partial charge < -0.3 is 9.13 Å². The van der Waals surface area contributed by atoms with Crippen LogP contribution in [0.4, 0.5) is 0 Å². The van der Waals surface area contributed by atoms with Crippen LogP contribution >= 0.6 is 23.2 Å². The van der Waals surface area contributed by atoms with Crippen molar-refractivity contribution in [3.8, 4) is 22.5 Å². The van der Waals surface area contributed by atoms with Gasteiger partial charge in [0.1, 0.15) is 12.2 Å². The first-order chi connectivity index (χ1) is 13.1. The number of aryl methyl sites for hydroxylation is 3. The van der Waals surface area contributed by atoms with Crippen LogP contribution in [0, 0.1) is 0 Å². The molecule has 0 spiro atoms. The molecule has 0 bridgehead atoms. The van der Waals surface area contributed by atoms with E-state index in [1.54, 1.807) is 6.33 Å². The fourth-order valence-electron chi connectivity index (χ4n) is 3.06. The number of rotatable bonds is 5. The van der Waals surface area contributed by atoms with E-state index in [4.69, 9.17) is 23.2 Å². The molecule has 27 heavy (non-hydrogen) atoms. The van der Waals surface area contributed by atoms with Gasteiger partial charge in [-0.15, -0.1) is 10.2 Å². The molecule has 4 aromatic rings. The first-order valence-corrected chi connectivity index (χ1v) is 9.28. The van der Waals surface area contributed by atoms with Crippen LogP contribution in [0.25, 0.3) is 22.5 Å². The van der Waals surface area contributed by atoms with Crippen molar-refractivity contribution in [1.29, 1.82) is 0 Å². The Balaban J connectivity index is 1.78. The molecule has 0 N–H and O–H groups in total. The molecular formula is C20H17Cl2N5. The fourth-order valence-corrected chi connectivity index (χ4v) is 3.36. The van der Waals surface area contributed by atoms with Gasteiger partial charge in [0, 0.05) is 31.1 Å². The number of nitrogens with zero attached hydrogens (tertiary/aromatic N) is 5. The van der Waals surface area contributed by atoms with E-state index in [2.05, 4.69) is 31.9 Å². The van der Waals surface area contributed by atoms with E-state index in [0.29, 0.717) is 10.0 Å². The van der Waals surface area contributed by atoms with Gasteiger partial charge in [0.15, 0.2) is 0 Å². The van der Waals surface area contributed by atoms with Gasteiger partial charge in [-0.25, -0.2) is 4.98 Å². The van der Waals surface area contributed by atoms with E-state index in [-0.39, 0.29) is 0 Å². The molecule has 0 aliphatic rings. The molecule has 0 unspecified atom stereocenters. The van der Waals surface area contributed by atoms with Crippen LogP contribution in [-0.4, -0.2) is 24.3 Å².